The lowest BCUT2D eigenvalue weighted by Gasteiger charge is -2.21. The summed E-state index contributed by atoms with van der Waals surface area (Å²) in [4.78, 5) is 23.7. The van der Waals surface area contributed by atoms with Gasteiger partial charge in [0.15, 0.2) is 0 Å². The van der Waals surface area contributed by atoms with E-state index >= 15 is 0 Å². The zero-order valence-corrected chi connectivity index (χ0v) is 16.2. The van der Waals surface area contributed by atoms with Crippen LogP contribution >= 0.6 is 0 Å². The predicted molar refractivity (Wildman–Crippen MR) is 101 cm³/mol. The van der Waals surface area contributed by atoms with Crippen LogP contribution < -0.4 is 10.1 Å². The van der Waals surface area contributed by atoms with Gasteiger partial charge >= 0.3 is 0 Å². The second-order valence-electron chi connectivity index (χ2n) is 6.98. The summed E-state index contributed by atoms with van der Waals surface area (Å²) in [5.41, 5.74) is 2.62. The molecular formula is C20H20N2O5S. The fourth-order valence-corrected chi connectivity index (χ4v) is 5.07. The first-order valence-corrected chi connectivity index (χ1v) is 10.4. The largest absolute Gasteiger partial charge is 0.497 e. The van der Waals surface area contributed by atoms with Crippen molar-refractivity contribution in [1.29, 1.82) is 0 Å². The van der Waals surface area contributed by atoms with Crippen molar-refractivity contribution in [3.05, 3.63) is 59.2 Å². The number of carbonyl (C=O) groups is 2. The minimum atomic E-state index is -3.63. The van der Waals surface area contributed by atoms with Gasteiger partial charge in [-0.1, -0.05) is 18.2 Å². The molecule has 2 aromatic rings. The number of ether oxygens (including phenoxy) is 1. The van der Waals surface area contributed by atoms with Gasteiger partial charge in [0.25, 0.3) is 0 Å². The molecule has 2 aliphatic heterocycles. The Labute approximate surface area is 163 Å². The molecule has 0 saturated carbocycles. The van der Waals surface area contributed by atoms with E-state index in [4.69, 9.17) is 4.74 Å². The van der Waals surface area contributed by atoms with Gasteiger partial charge < -0.3 is 4.74 Å². The maximum absolute atomic E-state index is 13.0. The number of rotatable bonds is 4. The van der Waals surface area contributed by atoms with Crippen molar-refractivity contribution in [2.75, 3.05) is 7.11 Å². The normalized spacial score (nSPS) is 20.0. The van der Waals surface area contributed by atoms with Crippen LogP contribution in [0.2, 0.25) is 0 Å². The number of fused-ring (bicyclic) bond motifs is 1. The van der Waals surface area contributed by atoms with Gasteiger partial charge in [0, 0.05) is 19.5 Å². The monoisotopic (exact) mass is 400 g/mol. The molecule has 2 aliphatic rings. The molecular weight excluding hydrogens is 380 g/mol. The molecule has 1 saturated heterocycles. The van der Waals surface area contributed by atoms with Gasteiger partial charge in [-0.05, 0) is 47.4 Å². The highest BCUT2D eigenvalue weighted by Crippen LogP contribution is 2.33. The van der Waals surface area contributed by atoms with E-state index in [1.165, 1.54) is 23.5 Å². The number of sulfonamides is 1. The van der Waals surface area contributed by atoms with E-state index < -0.39 is 10.0 Å². The number of nitrogens with zero attached hydrogens (tertiary/aromatic N) is 1. The fourth-order valence-electron chi connectivity index (χ4n) is 3.68. The van der Waals surface area contributed by atoms with Gasteiger partial charge in [0.05, 0.1) is 17.9 Å². The van der Waals surface area contributed by atoms with Gasteiger partial charge in [-0.3, -0.25) is 14.9 Å². The number of amides is 2. The van der Waals surface area contributed by atoms with E-state index in [0.717, 1.165) is 16.7 Å². The summed E-state index contributed by atoms with van der Waals surface area (Å²) in [7, 11) is -2.10. The maximum atomic E-state index is 13.0. The van der Waals surface area contributed by atoms with Crippen molar-refractivity contribution < 1.29 is 22.7 Å². The summed E-state index contributed by atoms with van der Waals surface area (Å²) in [6, 6.07) is 11.9. The summed E-state index contributed by atoms with van der Waals surface area (Å²) < 4.78 is 32.4. The summed E-state index contributed by atoms with van der Waals surface area (Å²) in [6.07, 6.45) is 0.781. The molecule has 7 nitrogen and oxygen atoms in total. The maximum Gasteiger partial charge on any atom is 0.243 e. The van der Waals surface area contributed by atoms with Crippen molar-refractivity contribution in [3.8, 4) is 5.75 Å². The average Bonchev–Trinajstić information content (AvgIpc) is 3.12. The van der Waals surface area contributed by atoms with E-state index in [9.17, 15) is 18.0 Å². The van der Waals surface area contributed by atoms with E-state index in [1.807, 2.05) is 18.2 Å². The Morgan fingerprint density at radius 2 is 1.75 bits per heavy atom. The van der Waals surface area contributed by atoms with E-state index in [0.29, 0.717) is 25.1 Å². The Morgan fingerprint density at radius 1 is 1.04 bits per heavy atom. The first-order valence-electron chi connectivity index (χ1n) is 8.98. The van der Waals surface area contributed by atoms with Crippen molar-refractivity contribution in [2.24, 2.45) is 0 Å². The highest BCUT2D eigenvalue weighted by Gasteiger charge is 2.33. The van der Waals surface area contributed by atoms with Crippen LogP contribution in [0.3, 0.4) is 0 Å². The number of piperidine rings is 1. The Balaban J connectivity index is 1.56. The number of imide groups is 1. The van der Waals surface area contributed by atoms with Crippen LogP contribution in [0.4, 0.5) is 0 Å². The molecule has 146 valence electrons. The van der Waals surface area contributed by atoms with Gasteiger partial charge in [0.2, 0.25) is 21.8 Å². The minimum Gasteiger partial charge on any atom is -0.497 e. The third-order valence-electron chi connectivity index (χ3n) is 5.26. The standard InChI is InChI=1S/C20H20N2O5S/c1-27-16-4-6-17(7-5-16)28(25,26)22-11-14-3-2-13(10-15(14)12-22)18-8-9-19(23)21-20(18)24/h2-7,10,18H,8-9,11-12H2,1H3,(H,21,23,24). The SMILES string of the molecule is COc1ccc(S(=O)(=O)N2Cc3ccc(C4CCC(=O)NC4=O)cc3C2)cc1. The quantitative estimate of drug-likeness (QED) is 0.792. The number of benzene rings is 2. The second kappa shape index (κ2) is 7.03. The number of nitrogens with one attached hydrogen (secondary N) is 1. The highest BCUT2D eigenvalue weighted by molar-refractivity contribution is 7.89. The molecule has 8 heteroatoms. The molecule has 1 atom stereocenters. The number of carbonyl (C=O) groups excluding carboxylic acids is 2. The molecule has 0 bridgehead atoms. The van der Waals surface area contributed by atoms with Gasteiger partial charge in [-0.25, -0.2) is 8.42 Å². The molecule has 1 N–H and O–H groups in total. The minimum absolute atomic E-state index is 0.214. The lowest BCUT2D eigenvalue weighted by atomic mass is 9.89. The third-order valence-corrected chi connectivity index (χ3v) is 7.07. The van der Waals surface area contributed by atoms with Gasteiger partial charge in [0.1, 0.15) is 5.75 Å². The summed E-state index contributed by atoms with van der Waals surface area (Å²) >= 11 is 0. The third kappa shape index (κ3) is 3.29. The lowest BCUT2D eigenvalue weighted by molar-refractivity contribution is -0.134. The lowest BCUT2D eigenvalue weighted by Crippen LogP contribution is -2.39. The molecule has 1 fully saturated rings. The highest BCUT2D eigenvalue weighted by atomic mass is 32.2. The van der Waals surface area contributed by atoms with E-state index in [-0.39, 0.29) is 29.2 Å². The molecule has 2 heterocycles. The molecule has 1 unspecified atom stereocenters. The zero-order chi connectivity index (χ0) is 19.9. The molecule has 4 rings (SSSR count). The molecule has 0 radical (unpaired) electrons. The Morgan fingerprint density at radius 3 is 2.43 bits per heavy atom. The Kier molecular flexibility index (Phi) is 4.68. The summed E-state index contributed by atoms with van der Waals surface area (Å²) in [5.74, 6) is -0.330. The van der Waals surface area contributed by atoms with Crippen molar-refractivity contribution >= 4 is 21.8 Å². The smallest absolute Gasteiger partial charge is 0.243 e. The second-order valence-corrected chi connectivity index (χ2v) is 8.92. The van der Waals surface area contributed by atoms with Crippen LogP contribution in [-0.2, 0) is 32.7 Å². The molecule has 28 heavy (non-hydrogen) atoms. The van der Waals surface area contributed by atoms with Crippen LogP contribution in [0, 0.1) is 0 Å². The number of hydrogen-bond donors (Lipinski definition) is 1. The topological polar surface area (TPSA) is 92.8 Å². The van der Waals surface area contributed by atoms with Crippen LogP contribution in [0.25, 0.3) is 0 Å². The van der Waals surface area contributed by atoms with Crippen LogP contribution in [0.15, 0.2) is 47.4 Å². The van der Waals surface area contributed by atoms with E-state index in [1.54, 1.807) is 12.1 Å². The van der Waals surface area contributed by atoms with Gasteiger partial charge in [-0.15, -0.1) is 0 Å². The van der Waals surface area contributed by atoms with Crippen LogP contribution in [-0.4, -0.2) is 31.6 Å². The Bertz CT molecular complexity index is 1050. The average molecular weight is 400 g/mol. The van der Waals surface area contributed by atoms with Crippen molar-refractivity contribution in [2.45, 2.75) is 36.7 Å². The fraction of sp³-hybridized carbons (Fsp3) is 0.300. The molecule has 0 aliphatic carbocycles. The first kappa shape index (κ1) is 18.6. The van der Waals surface area contributed by atoms with Crippen LogP contribution in [0.5, 0.6) is 5.75 Å². The molecule has 0 aromatic heterocycles. The van der Waals surface area contributed by atoms with Crippen molar-refractivity contribution in [3.63, 3.8) is 0 Å². The number of hydrogen-bond acceptors (Lipinski definition) is 5. The Hall–Kier alpha value is -2.71. The predicted octanol–water partition coefficient (Wildman–Crippen LogP) is 1.92. The van der Waals surface area contributed by atoms with Crippen molar-refractivity contribution in [1.82, 2.24) is 9.62 Å². The van der Waals surface area contributed by atoms with Gasteiger partial charge in [-0.2, -0.15) is 4.31 Å². The number of methoxy groups -OCH3 is 1. The molecule has 2 amide bonds. The molecule has 0 spiro atoms. The first-order chi connectivity index (χ1) is 13.4. The molecule has 2 aromatic carbocycles. The van der Waals surface area contributed by atoms with Crippen LogP contribution in [0.1, 0.15) is 35.4 Å². The van der Waals surface area contributed by atoms with E-state index in [2.05, 4.69) is 5.32 Å². The zero-order valence-electron chi connectivity index (χ0n) is 15.3. The summed E-state index contributed by atoms with van der Waals surface area (Å²) in [5, 5.41) is 2.37. The summed E-state index contributed by atoms with van der Waals surface area (Å²) in [6.45, 7) is 0.546.